The number of nitrogens with one attached hydrogen (secondary N) is 1. The summed E-state index contributed by atoms with van der Waals surface area (Å²) in [6, 6.07) is 5.10. The zero-order chi connectivity index (χ0) is 18.7. The fourth-order valence-corrected chi connectivity index (χ4v) is 3.29. The van der Waals surface area contributed by atoms with Gasteiger partial charge in [-0.2, -0.15) is 13.2 Å². The summed E-state index contributed by atoms with van der Waals surface area (Å²) < 4.78 is 38.9. The average Bonchev–Trinajstić information content (AvgIpc) is 2.59. The number of hydrogen-bond donors (Lipinski definition) is 1. The highest BCUT2D eigenvalue weighted by Crippen LogP contribution is 2.34. The maximum atomic E-state index is 13.0. The molecule has 1 aliphatic heterocycles. The molecule has 0 spiro atoms. The maximum Gasteiger partial charge on any atom is 0.416 e. The molecule has 148 valence electrons. The Morgan fingerprint density at radius 3 is 2.31 bits per heavy atom. The lowest BCUT2D eigenvalue weighted by Gasteiger charge is -2.37. The number of carbonyl (C=O) groups is 1. The van der Waals surface area contributed by atoms with E-state index in [1.165, 1.54) is 6.07 Å². The van der Waals surface area contributed by atoms with Crippen LogP contribution in [-0.2, 0) is 16.4 Å². The summed E-state index contributed by atoms with van der Waals surface area (Å²) in [5.74, 6) is 0.453. The first-order chi connectivity index (χ1) is 11.7. The Labute approximate surface area is 159 Å². The van der Waals surface area contributed by atoms with Crippen LogP contribution in [0.4, 0.5) is 13.2 Å². The Hall–Kier alpha value is -1.27. The number of hydrogen-bond acceptors (Lipinski definition) is 2. The van der Waals surface area contributed by atoms with Crippen LogP contribution in [-0.4, -0.2) is 37.0 Å². The summed E-state index contributed by atoms with van der Waals surface area (Å²) in [5.41, 5.74) is -1.28. The molecule has 1 aromatic rings. The molecule has 1 amide bonds. The van der Waals surface area contributed by atoms with E-state index < -0.39 is 17.2 Å². The van der Waals surface area contributed by atoms with Crippen molar-refractivity contribution in [1.82, 2.24) is 10.2 Å². The Kier molecular flexibility index (Phi) is 7.96. The Bertz CT molecular complexity index is 597. The summed E-state index contributed by atoms with van der Waals surface area (Å²) in [7, 11) is 0. The van der Waals surface area contributed by atoms with Gasteiger partial charge in [-0.15, -0.1) is 12.4 Å². The highest BCUT2D eigenvalue weighted by molar-refractivity contribution is 5.87. The molecule has 1 fully saturated rings. The lowest BCUT2D eigenvalue weighted by molar-refractivity contribution is -0.139. The summed E-state index contributed by atoms with van der Waals surface area (Å²) in [6.45, 7) is 8.69. The van der Waals surface area contributed by atoms with Crippen molar-refractivity contribution in [3.8, 4) is 0 Å². The van der Waals surface area contributed by atoms with Crippen molar-refractivity contribution >= 4 is 18.3 Å². The summed E-state index contributed by atoms with van der Waals surface area (Å²) in [4.78, 5) is 14.7. The number of benzene rings is 1. The number of likely N-dealkylation sites (tertiary alicyclic amines) is 1. The predicted molar refractivity (Wildman–Crippen MR) is 99.6 cm³/mol. The van der Waals surface area contributed by atoms with E-state index in [1.54, 1.807) is 24.8 Å². The molecule has 1 aromatic carbocycles. The van der Waals surface area contributed by atoms with Crippen molar-refractivity contribution in [1.29, 1.82) is 0 Å². The molecule has 0 radical (unpaired) electrons. The highest BCUT2D eigenvalue weighted by atomic mass is 35.5. The number of alkyl halides is 3. The number of rotatable bonds is 5. The SMILES string of the molecule is CCNCC1CCN(C(=O)C(C)(C)c2cccc(C(F)(F)F)c2)CC1.Cl. The van der Waals surface area contributed by atoms with Gasteiger partial charge in [-0.05, 0) is 57.3 Å². The molecule has 0 aromatic heterocycles. The lowest BCUT2D eigenvalue weighted by Crippen LogP contribution is -2.48. The molecule has 26 heavy (non-hydrogen) atoms. The molecule has 0 atom stereocenters. The van der Waals surface area contributed by atoms with Gasteiger partial charge in [0.1, 0.15) is 0 Å². The van der Waals surface area contributed by atoms with Crippen LogP contribution in [0.25, 0.3) is 0 Å². The molecular weight excluding hydrogens is 365 g/mol. The zero-order valence-corrected chi connectivity index (χ0v) is 16.3. The fraction of sp³-hybridized carbons (Fsp3) is 0.632. The van der Waals surface area contributed by atoms with E-state index in [0.717, 1.165) is 38.1 Å². The van der Waals surface area contributed by atoms with Crippen LogP contribution in [0.2, 0.25) is 0 Å². The Morgan fingerprint density at radius 1 is 1.19 bits per heavy atom. The molecule has 1 aliphatic rings. The number of piperidine rings is 1. The van der Waals surface area contributed by atoms with Crippen LogP contribution in [0.15, 0.2) is 24.3 Å². The van der Waals surface area contributed by atoms with E-state index in [-0.39, 0.29) is 18.3 Å². The summed E-state index contributed by atoms with van der Waals surface area (Å²) in [6.07, 6.45) is -2.55. The van der Waals surface area contributed by atoms with Gasteiger partial charge in [0.25, 0.3) is 0 Å². The maximum absolute atomic E-state index is 13.0. The molecular formula is C19H28ClF3N2O. The first kappa shape index (κ1) is 22.8. The van der Waals surface area contributed by atoms with Gasteiger partial charge < -0.3 is 10.2 Å². The van der Waals surface area contributed by atoms with Gasteiger partial charge in [0.05, 0.1) is 11.0 Å². The molecule has 1 N–H and O–H groups in total. The Morgan fingerprint density at radius 2 is 1.77 bits per heavy atom. The minimum absolute atomic E-state index is 0. The van der Waals surface area contributed by atoms with Crippen LogP contribution < -0.4 is 5.32 Å². The van der Waals surface area contributed by atoms with Crippen molar-refractivity contribution in [3.05, 3.63) is 35.4 Å². The van der Waals surface area contributed by atoms with Crippen molar-refractivity contribution in [2.75, 3.05) is 26.2 Å². The third kappa shape index (κ3) is 5.36. The monoisotopic (exact) mass is 392 g/mol. The zero-order valence-electron chi connectivity index (χ0n) is 15.5. The van der Waals surface area contributed by atoms with Gasteiger partial charge in [-0.1, -0.05) is 25.1 Å². The second-order valence-corrected chi connectivity index (χ2v) is 7.25. The molecule has 0 aliphatic carbocycles. The highest BCUT2D eigenvalue weighted by Gasteiger charge is 2.37. The van der Waals surface area contributed by atoms with Gasteiger partial charge in [0.15, 0.2) is 0 Å². The lowest BCUT2D eigenvalue weighted by atomic mass is 9.81. The Balaban J connectivity index is 0.00000338. The topological polar surface area (TPSA) is 32.3 Å². The number of carbonyl (C=O) groups excluding carboxylic acids is 1. The first-order valence-electron chi connectivity index (χ1n) is 8.84. The van der Waals surface area contributed by atoms with Gasteiger partial charge in [0, 0.05) is 13.1 Å². The second kappa shape index (κ2) is 9.09. The molecule has 7 heteroatoms. The van der Waals surface area contributed by atoms with Crippen molar-refractivity contribution < 1.29 is 18.0 Å². The summed E-state index contributed by atoms with van der Waals surface area (Å²) in [5, 5.41) is 3.33. The first-order valence-corrected chi connectivity index (χ1v) is 8.84. The van der Waals surface area contributed by atoms with Crippen molar-refractivity contribution in [2.24, 2.45) is 5.92 Å². The number of halogens is 4. The largest absolute Gasteiger partial charge is 0.416 e. The molecule has 0 unspecified atom stereocenters. The third-order valence-electron chi connectivity index (χ3n) is 5.03. The van der Waals surface area contributed by atoms with E-state index in [4.69, 9.17) is 0 Å². The fourth-order valence-electron chi connectivity index (χ4n) is 3.29. The van der Waals surface area contributed by atoms with Crippen LogP contribution >= 0.6 is 12.4 Å². The van der Waals surface area contributed by atoms with Gasteiger partial charge in [-0.25, -0.2) is 0 Å². The normalized spacial score (nSPS) is 16.3. The van der Waals surface area contributed by atoms with E-state index in [1.807, 2.05) is 0 Å². The van der Waals surface area contributed by atoms with Crippen molar-refractivity contribution in [2.45, 2.75) is 45.2 Å². The minimum Gasteiger partial charge on any atom is -0.342 e. The predicted octanol–water partition coefficient (Wildman–Crippen LogP) is 4.25. The van der Waals surface area contributed by atoms with E-state index in [2.05, 4.69) is 12.2 Å². The standard InChI is InChI=1S/C19H27F3N2O.ClH/c1-4-23-13-14-8-10-24(11-9-14)17(25)18(2,3)15-6-5-7-16(12-15)19(20,21)22;/h5-7,12,14,23H,4,8-11,13H2,1-3H3;1H. The minimum atomic E-state index is -4.40. The molecule has 1 saturated heterocycles. The van der Waals surface area contributed by atoms with E-state index >= 15 is 0 Å². The molecule has 0 bridgehead atoms. The van der Waals surface area contributed by atoms with E-state index in [0.29, 0.717) is 24.6 Å². The number of amides is 1. The van der Waals surface area contributed by atoms with Crippen molar-refractivity contribution in [3.63, 3.8) is 0 Å². The third-order valence-corrected chi connectivity index (χ3v) is 5.03. The molecule has 0 saturated carbocycles. The van der Waals surface area contributed by atoms with Gasteiger partial charge >= 0.3 is 6.18 Å². The van der Waals surface area contributed by atoms with E-state index in [9.17, 15) is 18.0 Å². The molecule has 1 heterocycles. The van der Waals surface area contributed by atoms with Crippen LogP contribution in [0, 0.1) is 5.92 Å². The molecule has 2 rings (SSSR count). The second-order valence-electron chi connectivity index (χ2n) is 7.25. The molecule has 3 nitrogen and oxygen atoms in total. The number of nitrogens with zero attached hydrogens (tertiary/aromatic N) is 1. The van der Waals surface area contributed by atoms with Crippen LogP contribution in [0.5, 0.6) is 0 Å². The van der Waals surface area contributed by atoms with Crippen LogP contribution in [0.1, 0.15) is 44.7 Å². The summed E-state index contributed by atoms with van der Waals surface area (Å²) >= 11 is 0. The average molecular weight is 393 g/mol. The van der Waals surface area contributed by atoms with Gasteiger partial charge in [-0.3, -0.25) is 4.79 Å². The van der Waals surface area contributed by atoms with Crippen LogP contribution in [0.3, 0.4) is 0 Å². The smallest absolute Gasteiger partial charge is 0.342 e. The van der Waals surface area contributed by atoms with Gasteiger partial charge in [0.2, 0.25) is 5.91 Å². The quantitative estimate of drug-likeness (QED) is 0.812.